The van der Waals surface area contributed by atoms with Crippen molar-refractivity contribution >= 4 is 35.1 Å². The van der Waals surface area contributed by atoms with Gasteiger partial charge in [0, 0.05) is 31.9 Å². The second-order valence-electron chi connectivity index (χ2n) is 14.6. The first-order chi connectivity index (χ1) is 26.3. The number of piperidine rings is 4. The molecular weight excluding hydrogens is 725 g/mol. The molecule has 2 bridgehead atoms. The average Bonchev–Trinajstić information content (AvgIpc) is 3.21. The zero-order valence-corrected chi connectivity index (χ0v) is 32.4. The lowest BCUT2D eigenvalue weighted by Gasteiger charge is -2.46. The fourth-order valence-electron chi connectivity index (χ4n) is 8.21. The van der Waals surface area contributed by atoms with Crippen LogP contribution in [0, 0.1) is 5.92 Å². The molecule has 54 heavy (non-hydrogen) atoms. The number of aromatic nitrogens is 1. The largest absolute Gasteiger partial charge is 0.493 e. The lowest BCUT2D eigenvalue weighted by molar-refractivity contribution is -0.168. The summed E-state index contributed by atoms with van der Waals surface area (Å²) in [6, 6.07) is 23.2. The summed E-state index contributed by atoms with van der Waals surface area (Å²) in [4.78, 5) is 36.5. The van der Waals surface area contributed by atoms with Gasteiger partial charge < -0.3 is 23.8 Å². The number of nitrogens with zero attached hydrogens (tertiary/aromatic N) is 3. The third kappa shape index (κ3) is 8.40. The van der Waals surface area contributed by atoms with Gasteiger partial charge >= 0.3 is 11.9 Å². The maximum Gasteiger partial charge on any atom is 0.338 e. The number of hydrogen-bond acceptors (Lipinski definition) is 9. The van der Waals surface area contributed by atoms with Gasteiger partial charge in [0.2, 0.25) is 0 Å². The van der Waals surface area contributed by atoms with E-state index in [1.54, 1.807) is 38.5 Å². The highest BCUT2D eigenvalue weighted by Gasteiger charge is 2.47. The number of halogens is 2. The van der Waals surface area contributed by atoms with Crippen LogP contribution in [0.4, 0.5) is 0 Å². The van der Waals surface area contributed by atoms with Crippen molar-refractivity contribution in [2.75, 3.05) is 53.5 Å². The number of fused-ring (bicyclic) bond motifs is 3. The van der Waals surface area contributed by atoms with Gasteiger partial charge in [-0.05, 0) is 111 Å². The third-order valence-corrected chi connectivity index (χ3v) is 12.2. The molecule has 4 aliphatic rings. The van der Waals surface area contributed by atoms with Crippen LogP contribution in [0.2, 0.25) is 10.0 Å². The summed E-state index contributed by atoms with van der Waals surface area (Å²) in [5.41, 5.74) is 3.30. The van der Waals surface area contributed by atoms with E-state index >= 15 is 0 Å². The molecule has 4 aliphatic heterocycles. The Morgan fingerprint density at radius 3 is 2.19 bits per heavy atom. The summed E-state index contributed by atoms with van der Waals surface area (Å²) >= 11 is 12.9. The highest BCUT2D eigenvalue weighted by atomic mass is 35.5. The molecular formula is C43H47Cl2N3O6. The third-order valence-electron chi connectivity index (χ3n) is 11.6. The van der Waals surface area contributed by atoms with E-state index in [0.717, 1.165) is 82.5 Å². The fourth-order valence-corrected chi connectivity index (χ4v) is 8.73. The lowest BCUT2D eigenvalue weighted by Crippen LogP contribution is -2.55. The number of carbonyl (C=O) groups is 2. The molecule has 3 aromatic carbocycles. The number of esters is 2. The Bertz CT molecular complexity index is 1890. The van der Waals surface area contributed by atoms with Gasteiger partial charge in [0.05, 0.1) is 35.2 Å². The summed E-state index contributed by atoms with van der Waals surface area (Å²) in [7, 11) is 3.12. The van der Waals surface area contributed by atoms with Crippen molar-refractivity contribution in [1.29, 1.82) is 0 Å². The molecule has 11 heteroatoms. The van der Waals surface area contributed by atoms with E-state index in [1.807, 2.05) is 36.4 Å². The van der Waals surface area contributed by atoms with Crippen molar-refractivity contribution in [3.05, 3.63) is 123 Å². The Hall–Kier alpha value is -4.15. The van der Waals surface area contributed by atoms with Gasteiger partial charge in [-0.2, -0.15) is 0 Å². The molecule has 0 amide bonds. The molecule has 0 aliphatic carbocycles. The predicted molar refractivity (Wildman–Crippen MR) is 209 cm³/mol. The van der Waals surface area contributed by atoms with Crippen LogP contribution in [0.25, 0.3) is 0 Å². The molecule has 0 spiro atoms. The van der Waals surface area contributed by atoms with Crippen LogP contribution >= 0.6 is 23.2 Å². The van der Waals surface area contributed by atoms with Gasteiger partial charge in [0.25, 0.3) is 0 Å². The molecule has 4 fully saturated rings. The molecule has 2 atom stereocenters. The number of likely N-dealkylation sites (tertiary alicyclic amines) is 1. The second-order valence-corrected chi connectivity index (χ2v) is 15.4. The summed E-state index contributed by atoms with van der Waals surface area (Å²) < 4.78 is 23.4. The van der Waals surface area contributed by atoms with E-state index in [4.69, 9.17) is 42.1 Å². The molecule has 0 N–H and O–H groups in total. The highest BCUT2D eigenvalue weighted by Crippen LogP contribution is 2.40. The van der Waals surface area contributed by atoms with E-state index in [-0.39, 0.29) is 18.5 Å². The van der Waals surface area contributed by atoms with Crippen LogP contribution in [0.5, 0.6) is 11.5 Å². The van der Waals surface area contributed by atoms with E-state index in [2.05, 4.69) is 26.9 Å². The maximum atomic E-state index is 14.0. The summed E-state index contributed by atoms with van der Waals surface area (Å²) in [6.45, 7) is 5.54. The van der Waals surface area contributed by atoms with Gasteiger partial charge in [0.1, 0.15) is 12.2 Å². The summed E-state index contributed by atoms with van der Waals surface area (Å²) in [5, 5.41) is 0.773. The second kappa shape index (κ2) is 17.1. The van der Waals surface area contributed by atoms with Crippen molar-refractivity contribution in [3.63, 3.8) is 0 Å². The van der Waals surface area contributed by atoms with Crippen molar-refractivity contribution in [1.82, 2.24) is 14.8 Å². The highest BCUT2D eigenvalue weighted by molar-refractivity contribution is 6.35. The molecule has 5 heterocycles. The van der Waals surface area contributed by atoms with Crippen molar-refractivity contribution < 1.29 is 28.5 Å². The lowest BCUT2D eigenvalue weighted by atomic mass is 9.72. The number of rotatable bonds is 13. The van der Waals surface area contributed by atoms with Crippen LogP contribution in [0.3, 0.4) is 0 Å². The predicted octanol–water partition coefficient (Wildman–Crippen LogP) is 7.76. The number of carbonyl (C=O) groups excluding carboxylic acids is 2. The zero-order valence-electron chi connectivity index (χ0n) is 30.8. The fraction of sp³-hybridized carbons (Fsp3) is 0.419. The number of hydrogen-bond donors (Lipinski definition) is 0. The van der Waals surface area contributed by atoms with Gasteiger partial charge in [-0.25, -0.2) is 4.79 Å². The molecule has 8 rings (SSSR count). The molecule has 0 radical (unpaired) electrons. The topological polar surface area (TPSA) is 90.4 Å². The first kappa shape index (κ1) is 38.1. The van der Waals surface area contributed by atoms with E-state index < -0.39 is 17.5 Å². The standard InChI is InChI=1S/C43H47Cl2N3O6/c1-51-37-13-12-32(24-39(37)52-2)38(25-34-35(44)26-46-27-36(34)45)53-41(49)31-10-8-29(9-11-31)14-19-47-22-17-43(18-23-47,33-6-4-3-5-7-33)42(50)54-40-28-48-20-15-30(40)16-21-48/h3-13,24,26-27,30,38,40H,14-23,25,28H2,1-2H3/t38-,40-/m0/s1. The minimum Gasteiger partial charge on any atom is -0.493 e. The first-order valence-electron chi connectivity index (χ1n) is 18.8. The molecule has 1 aromatic heterocycles. The Labute approximate surface area is 327 Å². The first-order valence-corrected chi connectivity index (χ1v) is 19.5. The number of benzene rings is 3. The molecule has 284 valence electrons. The monoisotopic (exact) mass is 771 g/mol. The number of ether oxygens (including phenoxy) is 4. The van der Waals surface area contributed by atoms with Gasteiger partial charge in [-0.15, -0.1) is 0 Å². The molecule has 0 saturated carbocycles. The molecule has 4 aromatic rings. The van der Waals surface area contributed by atoms with E-state index in [9.17, 15) is 9.59 Å². The minimum atomic E-state index is -0.718. The maximum absolute atomic E-state index is 14.0. The van der Waals surface area contributed by atoms with Crippen LogP contribution in [-0.4, -0.2) is 86.3 Å². The van der Waals surface area contributed by atoms with Crippen LogP contribution in [0.1, 0.15) is 64.4 Å². The van der Waals surface area contributed by atoms with Crippen LogP contribution < -0.4 is 9.47 Å². The van der Waals surface area contributed by atoms with Gasteiger partial charge in [-0.1, -0.05) is 71.7 Å². The normalized spacial score (nSPS) is 21.2. The Morgan fingerprint density at radius 1 is 0.870 bits per heavy atom. The Kier molecular flexibility index (Phi) is 12.1. The van der Waals surface area contributed by atoms with Crippen molar-refractivity contribution in [2.45, 2.75) is 56.1 Å². The molecule has 9 nitrogen and oxygen atoms in total. The smallest absolute Gasteiger partial charge is 0.338 e. The van der Waals surface area contributed by atoms with Crippen molar-refractivity contribution in [3.8, 4) is 11.5 Å². The summed E-state index contributed by atoms with van der Waals surface area (Å²) in [6.07, 6.45) is 7.03. The van der Waals surface area contributed by atoms with Crippen LogP contribution in [0.15, 0.2) is 85.2 Å². The van der Waals surface area contributed by atoms with E-state index in [0.29, 0.717) is 44.2 Å². The zero-order chi connectivity index (χ0) is 37.7. The molecule has 4 saturated heterocycles. The van der Waals surface area contributed by atoms with Crippen LogP contribution in [-0.2, 0) is 32.5 Å². The SMILES string of the molecule is COc1ccc([C@H](Cc2c(Cl)cncc2Cl)OC(=O)c2ccc(CCN3CCC(C(=O)O[C@H]4CN5CCC4CC5)(c4ccccc4)CC3)cc2)cc1OC. The molecule has 0 unspecified atom stereocenters. The Morgan fingerprint density at radius 2 is 1.56 bits per heavy atom. The number of pyridine rings is 1. The average molecular weight is 773 g/mol. The Balaban J connectivity index is 0.982. The quantitative estimate of drug-likeness (QED) is 0.127. The summed E-state index contributed by atoms with van der Waals surface area (Å²) in [5.74, 6) is 1.01. The van der Waals surface area contributed by atoms with Gasteiger partial charge in [-0.3, -0.25) is 14.7 Å². The number of methoxy groups -OCH3 is 2. The minimum absolute atomic E-state index is 0.00544. The van der Waals surface area contributed by atoms with Gasteiger partial charge in [0.15, 0.2) is 11.5 Å². The van der Waals surface area contributed by atoms with E-state index in [1.165, 1.54) is 12.4 Å². The van der Waals surface area contributed by atoms with Crippen molar-refractivity contribution in [2.24, 2.45) is 5.92 Å².